The Balaban J connectivity index is 1.80. The van der Waals surface area contributed by atoms with Gasteiger partial charge in [0, 0.05) is 22.3 Å². The van der Waals surface area contributed by atoms with Gasteiger partial charge in [-0.2, -0.15) is 0 Å². The van der Waals surface area contributed by atoms with Crippen LogP contribution >= 0.6 is 23.2 Å². The van der Waals surface area contributed by atoms with Crippen molar-refractivity contribution in [3.8, 4) is 0 Å². The molecular formula is C15H14Cl2N2O. The third-order valence-electron chi connectivity index (χ3n) is 2.65. The van der Waals surface area contributed by atoms with Gasteiger partial charge in [-0.15, -0.1) is 0 Å². The summed E-state index contributed by atoms with van der Waals surface area (Å²) in [4.78, 5) is 11.7. The fourth-order valence-electron chi connectivity index (χ4n) is 1.70. The summed E-state index contributed by atoms with van der Waals surface area (Å²) >= 11 is 11.8. The Morgan fingerprint density at radius 2 is 1.65 bits per heavy atom. The number of rotatable bonds is 5. The average molecular weight is 309 g/mol. The van der Waals surface area contributed by atoms with E-state index >= 15 is 0 Å². The third-order valence-corrected chi connectivity index (χ3v) is 3.08. The maximum atomic E-state index is 11.7. The largest absolute Gasteiger partial charge is 0.376 e. The summed E-state index contributed by atoms with van der Waals surface area (Å²) in [5.41, 5.74) is 1.78. The highest BCUT2D eigenvalue weighted by atomic mass is 35.5. The first-order valence-electron chi connectivity index (χ1n) is 6.14. The van der Waals surface area contributed by atoms with Gasteiger partial charge in [-0.1, -0.05) is 53.5 Å². The first-order chi connectivity index (χ1) is 9.63. The zero-order chi connectivity index (χ0) is 14.4. The molecule has 3 nitrogen and oxygen atoms in total. The standard InChI is InChI=1S/C15H14Cl2N2O/c16-12-6-13(17)8-14(7-12)18-10-15(20)19-9-11-4-2-1-3-5-11/h1-8,18H,9-10H2,(H,19,20). The van der Waals surface area contributed by atoms with Crippen LogP contribution in [0.2, 0.25) is 10.0 Å². The molecule has 0 aliphatic rings. The van der Waals surface area contributed by atoms with Crippen LogP contribution in [0.15, 0.2) is 48.5 Å². The molecule has 0 radical (unpaired) electrons. The van der Waals surface area contributed by atoms with Gasteiger partial charge in [0.25, 0.3) is 0 Å². The van der Waals surface area contributed by atoms with Crippen molar-refractivity contribution in [1.29, 1.82) is 0 Å². The Hall–Kier alpha value is -1.71. The molecule has 0 bridgehead atoms. The monoisotopic (exact) mass is 308 g/mol. The van der Waals surface area contributed by atoms with Crippen molar-refractivity contribution >= 4 is 34.8 Å². The molecule has 0 saturated heterocycles. The topological polar surface area (TPSA) is 41.1 Å². The molecule has 1 amide bonds. The molecule has 20 heavy (non-hydrogen) atoms. The molecule has 104 valence electrons. The van der Waals surface area contributed by atoms with Crippen LogP contribution in [0.1, 0.15) is 5.56 Å². The lowest BCUT2D eigenvalue weighted by molar-refractivity contribution is -0.119. The number of benzene rings is 2. The van der Waals surface area contributed by atoms with Gasteiger partial charge in [-0.25, -0.2) is 0 Å². The van der Waals surface area contributed by atoms with Crippen LogP contribution in [0.4, 0.5) is 5.69 Å². The summed E-state index contributed by atoms with van der Waals surface area (Å²) in [6, 6.07) is 14.8. The molecule has 2 N–H and O–H groups in total. The van der Waals surface area contributed by atoms with Crippen molar-refractivity contribution in [2.75, 3.05) is 11.9 Å². The van der Waals surface area contributed by atoms with Crippen molar-refractivity contribution < 1.29 is 4.79 Å². The van der Waals surface area contributed by atoms with Gasteiger partial charge >= 0.3 is 0 Å². The van der Waals surface area contributed by atoms with E-state index in [0.717, 1.165) is 11.3 Å². The van der Waals surface area contributed by atoms with E-state index in [1.807, 2.05) is 30.3 Å². The number of amides is 1. The highest BCUT2D eigenvalue weighted by molar-refractivity contribution is 6.35. The molecule has 0 aromatic heterocycles. The number of carbonyl (C=O) groups excluding carboxylic acids is 1. The van der Waals surface area contributed by atoms with Crippen LogP contribution in [0, 0.1) is 0 Å². The molecule has 5 heteroatoms. The quantitative estimate of drug-likeness (QED) is 0.884. The van der Waals surface area contributed by atoms with E-state index in [1.165, 1.54) is 0 Å². The van der Waals surface area contributed by atoms with Gasteiger partial charge in [0.1, 0.15) is 0 Å². The molecule has 2 aromatic carbocycles. The predicted octanol–water partition coefficient (Wildman–Crippen LogP) is 3.72. The van der Waals surface area contributed by atoms with Gasteiger partial charge in [0.15, 0.2) is 0 Å². The molecule has 0 saturated carbocycles. The highest BCUT2D eigenvalue weighted by Gasteiger charge is 2.02. The molecule has 2 aromatic rings. The maximum absolute atomic E-state index is 11.7. The minimum Gasteiger partial charge on any atom is -0.376 e. The minimum atomic E-state index is -0.0926. The lowest BCUT2D eigenvalue weighted by atomic mass is 10.2. The van der Waals surface area contributed by atoms with Crippen molar-refractivity contribution in [3.63, 3.8) is 0 Å². The van der Waals surface area contributed by atoms with E-state index in [9.17, 15) is 4.79 Å². The van der Waals surface area contributed by atoms with Crippen LogP contribution in [-0.4, -0.2) is 12.5 Å². The van der Waals surface area contributed by atoms with E-state index in [2.05, 4.69) is 10.6 Å². The molecule has 0 aliphatic carbocycles. The number of hydrogen-bond acceptors (Lipinski definition) is 2. The Kier molecular flexibility index (Phi) is 5.27. The second-order valence-electron chi connectivity index (χ2n) is 4.27. The smallest absolute Gasteiger partial charge is 0.239 e. The van der Waals surface area contributed by atoms with Gasteiger partial charge < -0.3 is 10.6 Å². The zero-order valence-electron chi connectivity index (χ0n) is 10.7. The fourth-order valence-corrected chi connectivity index (χ4v) is 2.22. The Bertz CT molecular complexity index is 567. The van der Waals surface area contributed by atoms with Crippen LogP contribution in [0.3, 0.4) is 0 Å². The molecule has 0 fully saturated rings. The minimum absolute atomic E-state index is 0.0926. The number of nitrogens with one attached hydrogen (secondary N) is 2. The second kappa shape index (κ2) is 7.17. The highest BCUT2D eigenvalue weighted by Crippen LogP contribution is 2.22. The van der Waals surface area contributed by atoms with Gasteiger partial charge in [-0.3, -0.25) is 4.79 Å². The summed E-state index contributed by atoms with van der Waals surface area (Å²) in [5, 5.41) is 6.88. The average Bonchev–Trinajstić information content (AvgIpc) is 2.43. The van der Waals surface area contributed by atoms with Gasteiger partial charge in [0.2, 0.25) is 5.91 Å². The first kappa shape index (κ1) is 14.7. The summed E-state index contributed by atoms with van der Waals surface area (Å²) in [6.45, 7) is 0.682. The molecule has 0 unspecified atom stereocenters. The Morgan fingerprint density at radius 3 is 2.30 bits per heavy atom. The van der Waals surface area contributed by atoms with E-state index in [0.29, 0.717) is 16.6 Å². The summed E-state index contributed by atoms with van der Waals surface area (Å²) < 4.78 is 0. The maximum Gasteiger partial charge on any atom is 0.239 e. The SMILES string of the molecule is O=C(CNc1cc(Cl)cc(Cl)c1)NCc1ccccc1. The van der Waals surface area contributed by atoms with E-state index < -0.39 is 0 Å². The number of carbonyl (C=O) groups is 1. The predicted molar refractivity (Wildman–Crippen MR) is 83.2 cm³/mol. The Morgan fingerprint density at radius 1 is 1.00 bits per heavy atom. The van der Waals surface area contributed by atoms with Crippen molar-refractivity contribution in [2.24, 2.45) is 0 Å². The third kappa shape index (κ3) is 4.76. The van der Waals surface area contributed by atoms with Crippen LogP contribution < -0.4 is 10.6 Å². The number of anilines is 1. The summed E-state index contributed by atoms with van der Waals surface area (Å²) in [5.74, 6) is -0.0926. The van der Waals surface area contributed by atoms with Crippen LogP contribution in [0.25, 0.3) is 0 Å². The van der Waals surface area contributed by atoms with Crippen molar-refractivity contribution in [1.82, 2.24) is 5.32 Å². The molecular weight excluding hydrogens is 295 g/mol. The number of halogens is 2. The van der Waals surface area contributed by atoms with Crippen LogP contribution in [-0.2, 0) is 11.3 Å². The molecule has 0 spiro atoms. The van der Waals surface area contributed by atoms with E-state index in [4.69, 9.17) is 23.2 Å². The van der Waals surface area contributed by atoms with E-state index in [-0.39, 0.29) is 12.5 Å². The Labute approximate surface area is 127 Å². The van der Waals surface area contributed by atoms with Crippen LogP contribution in [0.5, 0.6) is 0 Å². The second-order valence-corrected chi connectivity index (χ2v) is 5.15. The molecule has 0 aliphatic heterocycles. The summed E-state index contributed by atoms with van der Waals surface area (Å²) in [7, 11) is 0. The lowest BCUT2D eigenvalue weighted by Gasteiger charge is -2.08. The zero-order valence-corrected chi connectivity index (χ0v) is 12.2. The van der Waals surface area contributed by atoms with Gasteiger partial charge in [0.05, 0.1) is 6.54 Å². The molecule has 0 heterocycles. The van der Waals surface area contributed by atoms with Gasteiger partial charge in [-0.05, 0) is 23.8 Å². The molecule has 0 atom stereocenters. The summed E-state index contributed by atoms with van der Waals surface area (Å²) in [6.07, 6.45) is 0. The van der Waals surface area contributed by atoms with Crippen molar-refractivity contribution in [2.45, 2.75) is 6.54 Å². The normalized spacial score (nSPS) is 10.1. The molecule has 2 rings (SSSR count). The number of hydrogen-bond donors (Lipinski definition) is 2. The lowest BCUT2D eigenvalue weighted by Crippen LogP contribution is -2.29. The van der Waals surface area contributed by atoms with E-state index in [1.54, 1.807) is 18.2 Å². The fraction of sp³-hybridized carbons (Fsp3) is 0.133. The van der Waals surface area contributed by atoms with Crippen molar-refractivity contribution in [3.05, 3.63) is 64.1 Å². The first-order valence-corrected chi connectivity index (χ1v) is 6.89.